The zero-order valence-electron chi connectivity index (χ0n) is 15.6. The quantitative estimate of drug-likeness (QED) is 0.556. The van der Waals surface area contributed by atoms with Gasteiger partial charge in [0.15, 0.2) is 6.10 Å². The van der Waals surface area contributed by atoms with Crippen molar-refractivity contribution in [2.24, 2.45) is 0 Å². The molecule has 1 aliphatic rings. The number of amides is 1. The molecule has 1 amide bonds. The smallest absolute Gasteiger partial charge is 0.294 e. The van der Waals surface area contributed by atoms with Gasteiger partial charge in [-0.05, 0) is 24.3 Å². The first kappa shape index (κ1) is 17.3. The van der Waals surface area contributed by atoms with Crippen LogP contribution in [0.3, 0.4) is 0 Å². The van der Waals surface area contributed by atoms with Crippen LogP contribution in [0.25, 0.3) is 22.1 Å². The number of anilines is 1. The number of rotatable bonds is 3. The number of aromatic nitrogens is 2. The molecule has 2 N–H and O–H groups in total. The number of H-pyrrole nitrogens is 1. The van der Waals surface area contributed by atoms with Crippen LogP contribution in [0.15, 0.2) is 57.7 Å². The molecule has 5 rings (SSSR count). The Morgan fingerprint density at radius 3 is 2.90 bits per heavy atom. The van der Waals surface area contributed by atoms with Gasteiger partial charge in [0.2, 0.25) is 5.58 Å². The topological polar surface area (TPSA) is 100 Å². The highest BCUT2D eigenvalue weighted by molar-refractivity contribution is 6.01. The SMILES string of the molecule is CNC(=O)[C@H]1CN(Cc2nc3c(oc4ccccc43)c(=O)[nH]2)c2ccccc2O1. The van der Waals surface area contributed by atoms with Crippen LogP contribution in [0.5, 0.6) is 5.75 Å². The van der Waals surface area contributed by atoms with Crippen LogP contribution in [0, 0.1) is 0 Å². The number of nitrogens with one attached hydrogen (secondary N) is 2. The molecule has 0 unspecified atom stereocenters. The number of furan rings is 1. The van der Waals surface area contributed by atoms with Crippen LogP contribution in [0.2, 0.25) is 0 Å². The molecule has 2 aromatic heterocycles. The summed E-state index contributed by atoms with van der Waals surface area (Å²) in [5, 5.41) is 3.42. The van der Waals surface area contributed by atoms with Crippen molar-refractivity contribution in [1.82, 2.24) is 15.3 Å². The van der Waals surface area contributed by atoms with Crippen molar-refractivity contribution in [3.8, 4) is 5.75 Å². The van der Waals surface area contributed by atoms with E-state index in [2.05, 4.69) is 15.3 Å². The van der Waals surface area contributed by atoms with Gasteiger partial charge in [-0.15, -0.1) is 0 Å². The number of nitrogens with zero attached hydrogens (tertiary/aromatic N) is 2. The summed E-state index contributed by atoms with van der Waals surface area (Å²) in [4.78, 5) is 34.2. The van der Waals surface area contributed by atoms with E-state index in [1.165, 1.54) is 0 Å². The minimum Gasteiger partial charge on any atom is -0.477 e. The third kappa shape index (κ3) is 2.89. The molecule has 4 aromatic rings. The fraction of sp³-hybridized carbons (Fsp3) is 0.190. The molecule has 8 heteroatoms. The summed E-state index contributed by atoms with van der Waals surface area (Å²) in [5.41, 5.74) is 1.87. The summed E-state index contributed by atoms with van der Waals surface area (Å²) < 4.78 is 11.5. The summed E-state index contributed by atoms with van der Waals surface area (Å²) in [5.74, 6) is 0.896. The predicted octanol–water partition coefficient (Wildman–Crippen LogP) is 2.18. The lowest BCUT2D eigenvalue weighted by atomic mass is 10.1. The predicted molar refractivity (Wildman–Crippen MR) is 108 cm³/mol. The number of hydrogen-bond donors (Lipinski definition) is 2. The maximum atomic E-state index is 12.6. The van der Waals surface area contributed by atoms with Crippen molar-refractivity contribution in [2.75, 3.05) is 18.5 Å². The normalized spacial score (nSPS) is 15.9. The van der Waals surface area contributed by atoms with E-state index in [1.54, 1.807) is 7.05 Å². The Bertz CT molecular complexity index is 1290. The van der Waals surface area contributed by atoms with E-state index < -0.39 is 6.10 Å². The molecule has 1 atom stereocenters. The molecule has 0 aliphatic carbocycles. The van der Waals surface area contributed by atoms with Gasteiger partial charge in [-0.3, -0.25) is 9.59 Å². The lowest BCUT2D eigenvalue weighted by molar-refractivity contribution is -0.127. The minimum absolute atomic E-state index is 0.206. The van der Waals surface area contributed by atoms with E-state index in [9.17, 15) is 9.59 Å². The Morgan fingerprint density at radius 1 is 1.24 bits per heavy atom. The molecule has 0 fully saturated rings. The molecule has 1 aliphatic heterocycles. The van der Waals surface area contributed by atoms with E-state index in [4.69, 9.17) is 9.15 Å². The second kappa shape index (κ2) is 6.66. The van der Waals surface area contributed by atoms with Crippen molar-refractivity contribution >= 4 is 33.7 Å². The average Bonchev–Trinajstić information content (AvgIpc) is 3.12. The molecule has 0 saturated carbocycles. The molecule has 3 heterocycles. The minimum atomic E-state index is -0.653. The average molecular weight is 390 g/mol. The summed E-state index contributed by atoms with van der Waals surface area (Å²) in [6.45, 7) is 0.656. The van der Waals surface area contributed by atoms with Gasteiger partial charge in [0.05, 0.1) is 18.8 Å². The number of carbonyl (C=O) groups excluding carboxylic acids is 1. The summed E-state index contributed by atoms with van der Waals surface area (Å²) in [6.07, 6.45) is -0.653. The van der Waals surface area contributed by atoms with E-state index in [0.717, 1.165) is 11.1 Å². The van der Waals surface area contributed by atoms with Gasteiger partial charge in [0.25, 0.3) is 11.5 Å². The van der Waals surface area contributed by atoms with Crippen molar-refractivity contribution in [1.29, 1.82) is 0 Å². The summed E-state index contributed by atoms with van der Waals surface area (Å²) >= 11 is 0. The standard InChI is InChI=1S/C21H18N4O4/c1-22-20(26)16-10-25(13-7-3-5-9-15(13)28-16)11-17-23-18-12-6-2-4-8-14(12)29-19(18)21(27)24-17/h2-9,16H,10-11H2,1H3,(H,22,26)(H,23,24,27)/t16-/m1/s1. The molecule has 2 aromatic carbocycles. The Kier molecular flexibility index (Phi) is 3.97. The number of fused-ring (bicyclic) bond motifs is 4. The molecule has 0 bridgehead atoms. The van der Waals surface area contributed by atoms with E-state index in [0.29, 0.717) is 35.8 Å². The van der Waals surface area contributed by atoms with Gasteiger partial charge < -0.3 is 24.4 Å². The number of likely N-dealkylation sites (N-methyl/N-ethyl adjacent to an activating group) is 1. The third-order valence-corrected chi connectivity index (χ3v) is 5.02. The lowest BCUT2D eigenvalue weighted by Crippen LogP contribution is -2.48. The lowest BCUT2D eigenvalue weighted by Gasteiger charge is -2.35. The Hall–Kier alpha value is -3.81. The zero-order chi connectivity index (χ0) is 20.0. The number of aromatic amines is 1. The second-order valence-corrected chi connectivity index (χ2v) is 6.86. The first-order valence-corrected chi connectivity index (χ1v) is 9.26. The molecule has 0 radical (unpaired) electrons. The fourth-order valence-corrected chi connectivity index (χ4v) is 3.66. The number of carbonyl (C=O) groups is 1. The van der Waals surface area contributed by atoms with Gasteiger partial charge in [-0.2, -0.15) is 0 Å². The molecule has 29 heavy (non-hydrogen) atoms. The van der Waals surface area contributed by atoms with Crippen LogP contribution < -0.4 is 20.5 Å². The van der Waals surface area contributed by atoms with Crippen LogP contribution in [-0.4, -0.2) is 35.6 Å². The molecular formula is C21H18N4O4. The Morgan fingerprint density at radius 2 is 2.03 bits per heavy atom. The fourth-order valence-electron chi connectivity index (χ4n) is 3.66. The second-order valence-electron chi connectivity index (χ2n) is 6.86. The van der Waals surface area contributed by atoms with Gasteiger partial charge in [-0.25, -0.2) is 4.98 Å². The third-order valence-electron chi connectivity index (χ3n) is 5.02. The van der Waals surface area contributed by atoms with Crippen LogP contribution in [0.1, 0.15) is 5.82 Å². The number of ether oxygens (including phenoxy) is 1. The first-order valence-electron chi connectivity index (χ1n) is 9.26. The maximum Gasteiger partial charge on any atom is 0.294 e. The molecule has 0 saturated heterocycles. The van der Waals surface area contributed by atoms with Crippen molar-refractivity contribution < 1.29 is 13.9 Å². The maximum absolute atomic E-state index is 12.6. The molecule has 0 spiro atoms. The highest BCUT2D eigenvalue weighted by atomic mass is 16.5. The highest BCUT2D eigenvalue weighted by Crippen LogP contribution is 2.34. The van der Waals surface area contributed by atoms with E-state index >= 15 is 0 Å². The van der Waals surface area contributed by atoms with Crippen molar-refractivity contribution in [3.05, 3.63) is 64.7 Å². The molecule has 8 nitrogen and oxygen atoms in total. The van der Waals surface area contributed by atoms with Gasteiger partial charge in [0.1, 0.15) is 22.7 Å². The first-order chi connectivity index (χ1) is 14.1. The number of hydrogen-bond acceptors (Lipinski definition) is 6. The molecular weight excluding hydrogens is 372 g/mol. The number of para-hydroxylation sites is 3. The highest BCUT2D eigenvalue weighted by Gasteiger charge is 2.30. The molecule has 146 valence electrons. The van der Waals surface area contributed by atoms with Crippen LogP contribution in [0.4, 0.5) is 5.69 Å². The van der Waals surface area contributed by atoms with Crippen molar-refractivity contribution in [2.45, 2.75) is 12.6 Å². The van der Waals surface area contributed by atoms with Crippen LogP contribution in [-0.2, 0) is 11.3 Å². The van der Waals surface area contributed by atoms with Crippen LogP contribution >= 0.6 is 0 Å². The largest absolute Gasteiger partial charge is 0.477 e. The Labute approximate surface area is 165 Å². The van der Waals surface area contributed by atoms with Gasteiger partial charge >= 0.3 is 0 Å². The van der Waals surface area contributed by atoms with E-state index in [-0.39, 0.29) is 17.0 Å². The van der Waals surface area contributed by atoms with Gasteiger partial charge in [0, 0.05) is 12.4 Å². The van der Waals surface area contributed by atoms with Gasteiger partial charge in [-0.1, -0.05) is 24.3 Å². The summed E-state index contributed by atoms with van der Waals surface area (Å²) in [7, 11) is 1.58. The van der Waals surface area contributed by atoms with Crippen molar-refractivity contribution in [3.63, 3.8) is 0 Å². The Balaban J connectivity index is 1.56. The number of benzene rings is 2. The zero-order valence-corrected chi connectivity index (χ0v) is 15.6. The summed E-state index contributed by atoms with van der Waals surface area (Å²) in [6, 6.07) is 14.9. The van der Waals surface area contributed by atoms with E-state index in [1.807, 2.05) is 53.4 Å². The monoisotopic (exact) mass is 390 g/mol.